The summed E-state index contributed by atoms with van der Waals surface area (Å²) in [4.78, 5) is 10.6. The quantitative estimate of drug-likeness (QED) is 0.704. The van der Waals surface area contributed by atoms with Crippen LogP contribution in [-0.4, -0.2) is 35.5 Å². The van der Waals surface area contributed by atoms with Gasteiger partial charge in [0, 0.05) is 19.0 Å². The summed E-state index contributed by atoms with van der Waals surface area (Å²) in [5.74, 6) is 2.17. The highest BCUT2D eigenvalue weighted by Gasteiger charge is 2.13. The van der Waals surface area contributed by atoms with Crippen molar-refractivity contribution in [3.05, 3.63) is 11.9 Å². The fraction of sp³-hybridized carbons (Fsp3) is 0.667. The second-order valence-electron chi connectivity index (χ2n) is 3.74. The van der Waals surface area contributed by atoms with Crippen LogP contribution < -0.4 is 9.64 Å². The zero-order valence-electron chi connectivity index (χ0n) is 10.7. The number of ether oxygens (including phenoxy) is 1. The smallest absolute Gasteiger partial charge is 0.221 e. The highest BCUT2D eigenvalue weighted by molar-refractivity contribution is 6.18. The minimum Gasteiger partial charge on any atom is -0.478 e. The Labute approximate surface area is 108 Å². The van der Waals surface area contributed by atoms with Gasteiger partial charge < -0.3 is 9.64 Å². The third-order valence-corrected chi connectivity index (χ3v) is 2.61. The van der Waals surface area contributed by atoms with Gasteiger partial charge in [0.05, 0.1) is 12.2 Å². The van der Waals surface area contributed by atoms with Crippen LogP contribution in [0, 0.1) is 6.92 Å². The number of hydrogen-bond acceptors (Lipinski definition) is 4. The number of halogens is 1. The van der Waals surface area contributed by atoms with E-state index < -0.39 is 0 Å². The molecule has 1 aromatic heterocycles. The van der Waals surface area contributed by atoms with Crippen LogP contribution in [0.15, 0.2) is 6.33 Å². The Hall–Kier alpha value is -1.03. The van der Waals surface area contributed by atoms with Gasteiger partial charge in [-0.2, -0.15) is 0 Å². The molecule has 0 saturated heterocycles. The molecule has 0 bridgehead atoms. The Morgan fingerprint density at radius 2 is 2.06 bits per heavy atom. The monoisotopic (exact) mass is 257 g/mol. The first-order valence-electron chi connectivity index (χ1n) is 5.99. The van der Waals surface area contributed by atoms with E-state index in [2.05, 4.69) is 21.8 Å². The normalized spacial score (nSPS) is 10.4. The summed E-state index contributed by atoms with van der Waals surface area (Å²) in [6.45, 7) is 8.41. The molecule has 0 amide bonds. The third kappa shape index (κ3) is 3.73. The molecule has 0 N–H and O–H groups in total. The predicted molar refractivity (Wildman–Crippen MR) is 71.2 cm³/mol. The highest BCUT2D eigenvalue weighted by Crippen LogP contribution is 2.23. The summed E-state index contributed by atoms with van der Waals surface area (Å²) in [7, 11) is 0. The summed E-state index contributed by atoms with van der Waals surface area (Å²) >= 11 is 5.82. The van der Waals surface area contributed by atoms with Crippen LogP contribution in [0.5, 0.6) is 5.88 Å². The number of aromatic nitrogens is 2. The maximum Gasteiger partial charge on any atom is 0.221 e. The second kappa shape index (κ2) is 7.33. The van der Waals surface area contributed by atoms with Crippen LogP contribution in [0.1, 0.15) is 25.8 Å². The molecular weight excluding hydrogens is 238 g/mol. The van der Waals surface area contributed by atoms with Crippen LogP contribution in [0.2, 0.25) is 0 Å². The van der Waals surface area contributed by atoms with Crippen molar-refractivity contribution in [2.24, 2.45) is 0 Å². The molecular formula is C12H20ClN3O. The molecule has 0 fully saturated rings. The molecule has 0 unspecified atom stereocenters. The van der Waals surface area contributed by atoms with E-state index in [1.165, 1.54) is 0 Å². The van der Waals surface area contributed by atoms with Gasteiger partial charge in [-0.1, -0.05) is 6.92 Å². The molecule has 4 nitrogen and oxygen atoms in total. The fourth-order valence-electron chi connectivity index (χ4n) is 1.72. The molecule has 17 heavy (non-hydrogen) atoms. The summed E-state index contributed by atoms with van der Waals surface area (Å²) in [5, 5.41) is 0. The Morgan fingerprint density at radius 1 is 1.29 bits per heavy atom. The minimum atomic E-state index is 0.591. The fourth-order valence-corrected chi connectivity index (χ4v) is 1.93. The molecule has 0 aliphatic carbocycles. The third-order valence-electron chi connectivity index (χ3n) is 2.44. The molecule has 96 valence electrons. The Bertz CT molecular complexity index is 341. The lowest BCUT2D eigenvalue weighted by Gasteiger charge is -2.24. The van der Waals surface area contributed by atoms with Crippen LogP contribution >= 0.6 is 11.6 Å². The molecule has 0 saturated carbocycles. The lowest BCUT2D eigenvalue weighted by molar-refractivity contribution is 0.323. The Balaban J connectivity index is 2.97. The standard InChI is InChI=1S/C12H20ClN3O/c1-4-7-16(8-6-13)11-10(3)12(17-5-2)15-9-14-11/h9H,4-8H2,1-3H3. The van der Waals surface area contributed by atoms with Crippen molar-refractivity contribution in [3.63, 3.8) is 0 Å². The van der Waals surface area contributed by atoms with Crippen molar-refractivity contribution in [1.82, 2.24) is 9.97 Å². The molecule has 5 heteroatoms. The lowest BCUT2D eigenvalue weighted by atomic mass is 10.3. The Kier molecular flexibility index (Phi) is 6.05. The molecule has 0 spiro atoms. The summed E-state index contributed by atoms with van der Waals surface area (Å²) in [6.07, 6.45) is 2.61. The van der Waals surface area contributed by atoms with Crippen molar-refractivity contribution in [2.45, 2.75) is 27.2 Å². The first-order chi connectivity index (χ1) is 8.24. The van der Waals surface area contributed by atoms with E-state index in [0.29, 0.717) is 18.4 Å². The zero-order valence-corrected chi connectivity index (χ0v) is 11.5. The van der Waals surface area contributed by atoms with Crippen molar-refractivity contribution >= 4 is 17.4 Å². The van der Waals surface area contributed by atoms with Crippen LogP contribution in [0.4, 0.5) is 5.82 Å². The average molecular weight is 258 g/mol. The number of nitrogens with zero attached hydrogens (tertiary/aromatic N) is 3. The molecule has 1 rings (SSSR count). The molecule has 1 heterocycles. The SMILES string of the molecule is CCCN(CCCl)c1ncnc(OCC)c1C. The molecule has 0 aliphatic rings. The number of rotatable bonds is 7. The molecule has 0 atom stereocenters. The molecule has 1 aromatic rings. The lowest BCUT2D eigenvalue weighted by Crippen LogP contribution is -2.28. The van der Waals surface area contributed by atoms with E-state index in [-0.39, 0.29) is 0 Å². The van der Waals surface area contributed by atoms with Crippen molar-refractivity contribution in [2.75, 3.05) is 30.5 Å². The van der Waals surface area contributed by atoms with Crippen LogP contribution in [0.25, 0.3) is 0 Å². The summed E-state index contributed by atoms with van der Waals surface area (Å²) in [5.41, 5.74) is 0.980. The first kappa shape index (κ1) is 14.0. The average Bonchev–Trinajstić information content (AvgIpc) is 2.32. The topological polar surface area (TPSA) is 38.2 Å². The van der Waals surface area contributed by atoms with Gasteiger partial charge in [-0.15, -0.1) is 11.6 Å². The van der Waals surface area contributed by atoms with E-state index in [4.69, 9.17) is 16.3 Å². The number of anilines is 1. The van der Waals surface area contributed by atoms with Gasteiger partial charge in [0.25, 0.3) is 0 Å². The van der Waals surface area contributed by atoms with Crippen molar-refractivity contribution in [3.8, 4) is 5.88 Å². The van der Waals surface area contributed by atoms with Crippen LogP contribution in [-0.2, 0) is 0 Å². The largest absolute Gasteiger partial charge is 0.478 e. The van der Waals surface area contributed by atoms with Gasteiger partial charge in [-0.25, -0.2) is 9.97 Å². The van der Waals surface area contributed by atoms with Crippen molar-refractivity contribution in [1.29, 1.82) is 0 Å². The molecule has 0 aliphatic heterocycles. The van der Waals surface area contributed by atoms with E-state index >= 15 is 0 Å². The van der Waals surface area contributed by atoms with Gasteiger partial charge in [-0.3, -0.25) is 0 Å². The summed E-state index contributed by atoms with van der Waals surface area (Å²) < 4.78 is 5.47. The maximum absolute atomic E-state index is 5.82. The first-order valence-corrected chi connectivity index (χ1v) is 6.53. The maximum atomic E-state index is 5.82. The number of alkyl halides is 1. The van der Waals surface area contributed by atoms with Gasteiger partial charge in [0.1, 0.15) is 12.1 Å². The van der Waals surface area contributed by atoms with Gasteiger partial charge in [-0.05, 0) is 20.3 Å². The second-order valence-corrected chi connectivity index (χ2v) is 4.11. The van der Waals surface area contributed by atoms with Gasteiger partial charge in [0.2, 0.25) is 5.88 Å². The van der Waals surface area contributed by atoms with E-state index in [1.54, 1.807) is 6.33 Å². The number of hydrogen-bond donors (Lipinski definition) is 0. The van der Waals surface area contributed by atoms with Gasteiger partial charge in [0.15, 0.2) is 0 Å². The van der Waals surface area contributed by atoms with E-state index in [9.17, 15) is 0 Å². The Morgan fingerprint density at radius 3 is 2.65 bits per heavy atom. The predicted octanol–water partition coefficient (Wildman–Crippen LogP) is 2.64. The zero-order chi connectivity index (χ0) is 12.7. The van der Waals surface area contributed by atoms with E-state index in [0.717, 1.165) is 30.9 Å². The minimum absolute atomic E-state index is 0.591. The van der Waals surface area contributed by atoms with E-state index in [1.807, 2.05) is 13.8 Å². The highest BCUT2D eigenvalue weighted by atomic mass is 35.5. The van der Waals surface area contributed by atoms with Crippen LogP contribution in [0.3, 0.4) is 0 Å². The molecule has 0 aromatic carbocycles. The molecule has 0 radical (unpaired) electrons. The summed E-state index contributed by atoms with van der Waals surface area (Å²) in [6, 6.07) is 0. The van der Waals surface area contributed by atoms with Crippen molar-refractivity contribution < 1.29 is 4.74 Å². The van der Waals surface area contributed by atoms with Gasteiger partial charge >= 0.3 is 0 Å².